The summed E-state index contributed by atoms with van der Waals surface area (Å²) in [6, 6.07) is 10.8. The van der Waals surface area contributed by atoms with Gasteiger partial charge in [-0.25, -0.2) is 0 Å². The topological polar surface area (TPSA) is 56.7 Å². The highest BCUT2D eigenvalue weighted by atomic mass is 127. The van der Waals surface area contributed by atoms with Crippen molar-refractivity contribution in [1.29, 1.82) is 0 Å². The number of aliphatic imine (C=N–C) groups is 1. The molecule has 156 valence electrons. The van der Waals surface area contributed by atoms with Crippen LogP contribution in [0.4, 0.5) is 0 Å². The molecule has 1 saturated heterocycles. The van der Waals surface area contributed by atoms with E-state index in [0.717, 1.165) is 64.4 Å². The van der Waals surface area contributed by atoms with Crippen LogP contribution in [-0.2, 0) is 10.2 Å². The predicted molar refractivity (Wildman–Crippen MR) is 126 cm³/mol. The molecule has 1 heterocycles. The Morgan fingerprint density at radius 1 is 1.14 bits per heavy atom. The second kappa shape index (κ2) is 11.6. The molecular formula is C22H35IN4O. The van der Waals surface area contributed by atoms with Crippen molar-refractivity contribution in [3.05, 3.63) is 35.9 Å². The van der Waals surface area contributed by atoms with Gasteiger partial charge in [-0.1, -0.05) is 36.8 Å². The maximum absolute atomic E-state index is 12.1. The minimum absolute atomic E-state index is 0. The minimum Gasteiger partial charge on any atom is -0.357 e. The Kier molecular flexibility index (Phi) is 9.55. The van der Waals surface area contributed by atoms with Crippen molar-refractivity contribution in [1.82, 2.24) is 15.5 Å². The number of halogens is 1. The van der Waals surface area contributed by atoms with E-state index in [2.05, 4.69) is 47.9 Å². The summed E-state index contributed by atoms with van der Waals surface area (Å²) in [6.07, 6.45) is 7.49. The van der Waals surface area contributed by atoms with Gasteiger partial charge in [0, 0.05) is 38.0 Å². The smallest absolute Gasteiger partial charge is 0.222 e. The van der Waals surface area contributed by atoms with Gasteiger partial charge < -0.3 is 15.5 Å². The summed E-state index contributed by atoms with van der Waals surface area (Å²) in [6.45, 7) is 6.39. The Hall–Kier alpha value is -1.31. The van der Waals surface area contributed by atoms with Crippen molar-refractivity contribution in [3.63, 3.8) is 0 Å². The van der Waals surface area contributed by atoms with E-state index in [-0.39, 0.29) is 29.4 Å². The van der Waals surface area contributed by atoms with Gasteiger partial charge in [0.15, 0.2) is 5.96 Å². The first-order valence-electron chi connectivity index (χ1n) is 10.6. The lowest BCUT2D eigenvalue weighted by molar-refractivity contribution is -0.130. The van der Waals surface area contributed by atoms with E-state index in [1.165, 1.54) is 24.8 Å². The van der Waals surface area contributed by atoms with Crippen molar-refractivity contribution in [2.75, 3.05) is 32.7 Å². The van der Waals surface area contributed by atoms with Gasteiger partial charge in [0.2, 0.25) is 5.91 Å². The number of carbonyl (C=O) groups is 1. The van der Waals surface area contributed by atoms with Gasteiger partial charge in [0.1, 0.15) is 0 Å². The molecule has 0 unspecified atom stereocenters. The largest absolute Gasteiger partial charge is 0.357 e. The van der Waals surface area contributed by atoms with E-state index < -0.39 is 0 Å². The predicted octanol–water partition coefficient (Wildman–Crippen LogP) is 3.68. The van der Waals surface area contributed by atoms with Gasteiger partial charge in [-0.05, 0) is 44.6 Å². The van der Waals surface area contributed by atoms with Crippen LogP contribution in [0.15, 0.2) is 35.3 Å². The third-order valence-corrected chi connectivity index (χ3v) is 5.69. The summed E-state index contributed by atoms with van der Waals surface area (Å²) >= 11 is 0. The highest BCUT2D eigenvalue weighted by Crippen LogP contribution is 2.48. The van der Waals surface area contributed by atoms with Crippen LogP contribution in [0.5, 0.6) is 0 Å². The first-order valence-corrected chi connectivity index (χ1v) is 10.6. The summed E-state index contributed by atoms with van der Waals surface area (Å²) in [4.78, 5) is 19.0. The maximum Gasteiger partial charge on any atom is 0.222 e. The molecule has 5 nitrogen and oxygen atoms in total. The molecule has 1 aliphatic heterocycles. The molecule has 1 amide bonds. The van der Waals surface area contributed by atoms with E-state index in [9.17, 15) is 4.79 Å². The molecule has 1 aromatic rings. The van der Waals surface area contributed by atoms with E-state index >= 15 is 0 Å². The standard InChI is InChI=1S/C22H34N4O.HI/c1-2-23-21(24-15-9-17-26-16-8-4-7-12-20(26)27)25-18-22(13-14-22)19-10-5-3-6-11-19;/h3,5-6,10-11H,2,4,7-9,12-18H2,1H3,(H2,23,24,25);1H. The molecular weight excluding hydrogens is 463 g/mol. The van der Waals surface area contributed by atoms with Crippen LogP contribution in [0, 0.1) is 0 Å². The number of benzene rings is 1. The van der Waals surface area contributed by atoms with Gasteiger partial charge in [0.25, 0.3) is 0 Å². The number of nitrogens with one attached hydrogen (secondary N) is 2. The zero-order valence-corrected chi connectivity index (χ0v) is 19.4. The number of hydrogen-bond donors (Lipinski definition) is 2. The first-order chi connectivity index (χ1) is 13.2. The molecule has 1 aromatic carbocycles. The van der Waals surface area contributed by atoms with Crippen LogP contribution < -0.4 is 10.6 Å². The second-order valence-corrected chi connectivity index (χ2v) is 7.81. The monoisotopic (exact) mass is 498 g/mol. The number of likely N-dealkylation sites (tertiary alicyclic amines) is 1. The summed E-state index contributed by atoms with van der Waals surface area (Å²) < 4.78 is 0. The number of carbonyl (C=O) groups excluding carboxylic acids is 1. The number of amides is 1. The zero-order valence-electron chi connectivity index (χ0n) is 17.1. The lowest BCUT2D eigenvalue weighted by Crippen LogP contribution is -2.40. The third-order valence-electron chi connectivity index (χ3n) is 5.69. The molecule has 1 aliphatic carbocycles. The van der Waals surface area contributed by atoms with Gasteiger partial charge in [0.05, 0.1) is 6.54 Å². The van der Waals surface area contributed by atoms with E-state index in [4.69, 9.17) is 4.99 Å². The minimum atomic E-state index is 0. The highest BCUT2D eigenvalue weighted by Gasteiger charge is 2.43. The summed E-state index contributed by atoms with van der Waals surface area (Å²) in [5.74, 6) is 1.22. The second-order valence-electron chi connectivity index (χ2n) is 7.81. The number of guanidine groups is 1. The van der Waals surface area contributed by atoms with Crippen LogP contribution >= 0.6 is 24.0 Å². The number of hydrogen-bond acceptors (Lipinski definition) is 2. The van der Waals surface area contributed by atoms with Crippen LogP contribution in [0.2, 0.25) is 0 Å². The SMILES string of the molecule is CCNC(=NCC1(c2ccccc2)CC1)NCCCN1CCCCCC1=O.I. The summed E-state index contributed by atoms with van der Waals surface area (Å²) in [7, 11) is 0. The average Bonchev–Trinajstić information content (AvgIpc) is 3.50. The fraction of sp³-hybridized carbons (Fsp3) is 0.636. The molecule has 0 atom stereocenters. The quantitative estimate of drug-likeness (QED) is 0.249. The van der Waals surface area contributed by atoms with Gasteiger partial charge in [-0.2, -0.15) is 0 Å². The zero-order chi connectivity index (χ0) is 19.0. The highest BCUT2D eigenvalue weighted by molar-refractivity contribution is 14.0. The fourth-order valence-corrected chi connectivity index (χ4v) is 3.80. The Morgan fingerprint density at radius 2 is 1.93 bits per heavy atom. The molecule has 1 saturated carbocycles. The normalized spacial score (nSPS) is 18.8. The molecule has 0 radical (unpaired) electrons. The van der Waals surface area contributed by atoms with Crippen molar-refractivity contribution in [2.45, 2.75) is 57.3 Å². The van der Waals surface area contributed by atoms with Gasteiger partial charge in [-0.3, -0.25) is 9.79 Å². The van der Waals surface area contributed by atoms with Gasteiger partial charge >= 0.3 is 0 Å². The summed E-state index contributed by atoms with van der Waals surface area (Å²) in [5.41, 5.74) is 1.64. The van der Waals surface area contributed by atoms with Crippen LogP contribution in [-0.4, -0.2) is 49.5 Å². The molecule has 2 N–H and O–H groups in total. The lowest BCUT2D eigenvalue weighted by atomic mass is 9.96. The van der Waals surface area contributed by atoms with Crippen LogP contribution in [0.3, 0.4) is 0 Å². The Morgan fingerprint density at radius 3 is 2.64 bits per heavy atom. The average molecular weight is 498 g/mol. The van der Waals surface area contributed by atoms with Crippen molar-refractivity contribution < 1.29 is 4.79 Å². The summed E-state index contributed by atoms with van der Waals surface area (Å²) in [5, 5.41) is 6.79. The fourth-order valence-electron chi connectivity index (χ4n) is 3.80. The molecule has 2 fully saturated rings. The van der Waals surface area contributed by atoms with Crippen molar-refractivity contribution in [3.8, 4) is 0 Å². The third kappa shape index (κ3) is 6.64. The molecule has 0 bridgehead atoms. The molecule has 28 heavy (non-hydrogen) atoms. The molecule has 0 spiro atoms. The molecule has 0 aromatic heterocycles. The Bertz CT molecular complexity index is 631. The lowest BCUT2D eigenvalue weighted by Gasteiger charge is -2.21. The maximum atomic E-state index is 12.1. The van der Waals surface area contributed by atoms with E-state index in [0.29, 0.717) is 5.91 Å². The van der Waals surface area contributed by atoms with E-state index in [1.807, 2.05) is 4.90 Å². The first kappa shape index (κ1) is 23.0. The van der Waals surface area contributed by atoms with Crippen LogP contribution in [0.25, 0.3) is 0 Å². The van der Waals surface area contributed by atoms with Crippen molar-refractivity contribution in [2.24, 2.45) is 4.99 Å². The Balaban J connectivity index is 0.00000280. The molecule has 6 heteroatoms. The van der Waals surface area contributed by atoms with Gasteiger partial charge in [-0.15, -0.1) is 24.0 Å². The van der Waals surface area contributed by atoms with Crippen molar-refractivity contribution >= 4 is 35.8 Å². The number of nitrogens with zero attached hydrogens (tertiary/aromatic N) is 2. The van der Waals surface area contributed by atoms with Crippen LogP contribution in [0.1, 0.15) is 57.4 Å². The number of rotatable bonds is 8. The van der Waals surface area contributed by atoms with E-state index in [1.54, 1.807) is 0 Å². The molecule has 2 aliphatic rings. The molecule has 3 rings (SSSR count). The Labute approximate surface area is 186 Å².